The van der Waals surface area contributed by atoms with E-state index in [0.717, 1.165) is 5.69 Å². The minimum Gasteiger partial charge on any atom is -0.348 e. The SMILES string of the molecule is CC(C)(C)c1ccc(Nc2ccc(C(=O)NC3CCS(=O)(=O)C3)cn2)cc1. The van der Waals surface area contributed by atoms with Crippen LogP contribution in [0.5, 0.6) is 0 Å². The van der Waals surface area contributed by atoms with E-state index >= 15 is 0 Å². The van der Waals surface area contributed by atoms with E-state index in [4.69, 9.17) is 0 Å². The van der Waals surface area contributed by atoms with E-state index in [1.54, 1.807) is 12.1 Å². The summed E-state index contributed by atoms with van der Waals surface area (Å²) < 4.78 is 23.0. The molecule has 27 heavy (non-hydrogen) atoms. The first-order valence-corrected chi connectivity index (χ1v) is 10.8. The Kier molecular flexibility index (Phi) is 5.24. The van der Waals surface area contributed by atoms with Crippen molar-refractivity contribution in [3.05, 3.63) is 53.7 Å². The predicted molar refractivity (Wildman–Crippen MR) is 107 cm³/mol. The molecule has 1 aliphatic rings. The van der Waals surface area contributed by atoms with Gasteiger partial charge in [-0.05, 0) is 41.7 Å². The van der Waals surface area contributed by atoms with Gasteiger partial charge < -0.3 is 10.6 Å². The van der Waals surface area contributed by atoms with Gasteiger partial charge in [-0.25, -0.2) is 13.4 Å². The summed E-state index contributed by atoms with van der Waals surface area (Å²) in [5.74, 6) is 0.479. The number of benzene rings is 1. The van der Waals surface area contributed by atoms with E-state index in [1.807, 2.05) is 12.1 Å². The number of nitrogens with one attached hydrogen (secondary N) is 2. The fraction of sp³-hybridized carbons (Fsp3) is 0.400. The average Bonchev–Trinajstić information content (AvgIpc) is 2.93. The summed E-state index contributed by atoms with van der Waals surface area (Å²) in [5, 5.41) is 5.97. The van der Waals surface area contributed by atoms with Crippen molar-refractivity contribution in [2.75, 3.05) is 16.8 Å². The number of hydrogen-bond donors (Lipinski definition) is 2. The summed E-state index contributed by atoms with van der Waals surface area (Å²) in [6.07, 6.45) is 1.95. The topological polar surface area (TPSA) is 88.2 Å². The van der Waals surface area contributed by atoms with Crippen LogP contribution in [0.4, 0.5) is 11.5 Å². The van der Waals surface area contributed by atoms with Gasteiger partial charge in [0.15, 0.2) is 9.84 Å². The molecule has 1 saturated heterocycles. The van der Waals surface area contributed by atoms with Gasteiger partial charge in [0.05, 0.1) is 17.1 Å². The summed E-state index contributed by atoms with van der Waals surface area (Å²) in [6.45, 7) is 6.51. The van der Waals surface area contributed by atoms with Gasteiger partial charge in [0.1, 0.15) is 5.82 Å². The third-order valence-corrected chi connectivity index (χ3v) is 6.38. The molecule has 0 spiro atoms. The number of aromatic nitrogens is 1. The second-order valence-corrected chi connectivity index (χ2v) is 10.2. The third kappa shape index (κ3) is 5.07. The van der Waals surface area contributed by atoms with Crippen molar-refractivity contribution in [3.63, 3.8) is 0 Å². The second kappa shape index (κ2) is 7.31. The molecule has 1 aliphatic heterocycles. The smallest absolute Gasteiger partial charge is 0.253 e. The summed E-state index contributed by atoms with van der Waals surface area (Å²) >= 11 is 0. The largest absolute Gasteiger partial charge is 0.348 e. The molecule has 0 saturated carbocycles. The first-order chi connectivity index (χ1) is 12.6. The maximum Gasteiger partial charge on any atom is 0.253 e. The van der Waals surface area contributed by atoms with E-state index in [9.17, 15) is 13.2 Å². The minimum absolute atomic E-state index is 0.0103. The number of rotatable bonds is 4. The molecule has 2 heterocycles. The number of pyridine rings is 1. The first-order valence-electron chi connectivity index (χ1n) is 8.97. The molecule has 6 nitrogen and oxygen atoms in total. The fourth-order valence-electron chi connectivity index (χ4n) is 2.98. The number of anilines is 2. The fourth-order valence-corrected chi connectivity index (χ4v) is 4.65. The van der Waals surface area contributed by atoms with Crippen molar-refractivity contribution in [3.8, 4) is 0 Å². The predicted octanol–water partition coefficient (Wildman–Crippen LogP) is 3.04. The lowest BCUT2D eigenvalue weighted by atomic mass is 9.87. The zero-order valence-electron chi connectivity index (χ0n) is 15.8. The standard InChI is InChI=1S/C20H25N3O3S/c1-20(2,3)15-5-7-16(8-6-15)22-18-9-4-14(12-21-18)19(24)23-17-10-11-27(25,26)13-17/h4-9,12,17H,10-11,13H2,1-3H3,(H,21,22)(H,23,24). The Hall–Kier alpha value is -2.41. The van der Waals surface area contributed by atoms with Gasteiger partial charge in [0.25, 0.3) is 5.91 Å². The molecule has 1 unspecified atom stereocenters. The maximum absolute atomic E-state index is 12.2. The highest BCUT2D eigenvalue weighted by atomic mass is 32.2. The van der Waals surface area contributed by atoms with Gasteiger partial charge in [-0.1, -0.05) is 32.9 Å². The van der Waals surface area contributed by atoms with Crippen molar-refractivity contribution in [2.24, 2.45) is 0 Å². The molecule has 0 bridgehead atoms. The van der Waals surface area contributed by atoms with Crippen molar-refractivity contribution >= 4 is 27.2 Å². The lowest BCUT2D eigenvalue weighted by Gasteiger charge is -2.19. The quantitative estimate of drug-likeness (QED) is 0.842. The summed E-state index contributed by atoms with van der Waals surface area (Å²) in [5.41, 5.74) is 2.68. The number of carbonyl (C=O) groups is 1. The number of sulfone groups is 1. The van der Waals surface area contributed by atoms with Crippen LogP contribution in [0.15, 0.2) is 42.6 Å². The Balaban J connectivity index is 1.61. The molecule has 1 aromatic carbocycles. The number of amides is 1. The number of carbonyl (C=O) groups excluding carboxylic acids is 1. The van der Waals surface area contributed by atoms with Crippen LogP contribution in [-0.2, 0) is 15.3 Å². The van der Waals surface area contributed by atoms with Crippen LogP contribution in [0.3, 0.4) is 0 Å². The molecule has 1 aromatic heterocycles. The number of nitrogens with zero attached hydrogens (tertiary/aromatic N) is 1. The van der Waals surface area contributed by atoms with Crippen molar-refractivity contribution in [1.82, 2.24) is 10.3 Å². The van der Waals surface area contributed by atoms with Gasteiger partial charge in [-0.2, -0.15) is 0 Å². The molecule has 1 amide bonds. The van der Waals surface area contributed by atoms with E-state index in [1.165, 1.54) is 11.8 Å². The highest BCUT2D eigenvalue weighted by Gasteiger charge is 2.29. The first kappa shape index (κ1) is 19.4. The van der Waals surface area contributed by atoms with Gasteiger partial charge in [0, 0.05) is 17.9 Å². The molecule has 2 N–H and O–H groups in total. The minimum atomic E-state index is -3.02. The van der Waals surface area contributed by atoms with Crippen LogP contribution < -0.4 is 10.6 Å². The molecule has 7 heteroatoms. The second-order valence-electron chi connectivity index (χ2n) is 7.96. The summed E-state index contributed by atoms with van der Waals surface area (Å²) in [7, 11) is -3.02. The Bertz CT molecular complexity index is 914. The van der Waals surface area contributed by atoms with Crippen molar-refractivity contribution < 1.29 is 13.2 Å². The monoisotopic (exact) mass is 387 g/mol. The van der Waals surface area contributed by atoms with Crippen LogP contribution in [0.25, 0.3) is 0 Å². The molecule has 144 valence electrons. The van der Waals surface area contributed by atoms with E-state index in [2.05, 4.69) is 48.5 Å². The highest BCUT2D eigenvalue weighted by Crippen LogP contribution is 2.24. The zero-order chi connectivity index (χ0) is 19.7. The summed E-state index contributed by atoms with van der Waals surface area (Å²) in [4.78, 5) is 16.5. The Morgan fingerprint density at radius 1 is 1.11 bits per heavy atom. The molecule has 1 fully saturated rings. The lowest BCUT2D eigenvalue weighted by molar-refractivity contribution is 0.0941. The molecule has 0 aliphatic carbocycles. The number of hydrogen-bond acceptors (Lipinski definition) is 5. The molecule has 2 aromatic rings. The van der Waals surface area contributed by atoms with Crippen LogP contribution in [0.1, 0.15) is 43.1 Å². The Morgan fingerprint density at radius 2 is 1.81 bits per heavy atom. The van der Waals surface area contributed by atoms with Crippen molar-refractivity contribution in [1.29, 1.82) is 0 Å². The van der Waals surface area contributed by atoms with Crippen molar-refractivity contribution in [2.45, 2.75) is 38.6 Å². The van der Waals surface area contributed by atoms with Crippen LogP contribution in [0.2, 0.25) is 0 Å². The molecule has 1 atom stereocenters. The Morgan fingerprint density at radius 3 is 2.33 bits per heavy atom. The van der Waals surface area contributed by atoms with Crippen LogP contribution in [0, 0.1) is 0 Å². The van der Waals surface area contributed by atoms with Gasteiger partial charge in [-0.3, -0.25) is 4.79 Å². The lowest BCUT2D eigenvalue weighted by Crippen LogP contribution is -2.35. The van der Waals surface area contributed by atoms with Gasteiger partial charge >= 0.3 is 0 Å². The van der Waals surface area contributed by atoms with E-state index in [-0.39, 0.29) is 28.9 Å². The molecular formula is C20H25N3O3S. The molecular weight excluding hydrogens is 362 g/mol. The molecule has 3 rings (SSSR count). The van der Waals surface area contributed by atoms with Gasteiger partial charge in [0.2, 0.25) is 0 Å². The third-order valence-electron chi connectivity index (χ3n) is 4.62. The van der Waals surface area contributed by atoms with Gasteiger partial charge in [-0.15, -0.1) is 0 Å². The van der Waals surface area contributed by atoms with E-state index in [0.29, 0.717) is 17.8 Å². The summed E-state index contributed by atoms with van der Waals surface area (Å²) in [6, 6.07) is 11.3. The van der Waals surface area contributed by atoms with Crippen LogP contribution in [-0.4, -0.2) is 36.9 Å². The molecule has 0 radical (unpaired) electrons. The zero-order valence-corrected chi connectivity index (χ0v) is 16.6. The van der Waals surface area contributed by atoms with Crippen LogP contribution >= 0.6 is 0 Å². The highest BCUT2D eigenvalue weighted by molar-refractivity contribution is 7.91. The Labute approximate surface area is 160 Å². The maximum atomic E-state index is 12.2. The van der Waals surface area contributed by atoms with E-state index < -0.39 is 9.84 Å². The average molecular weight is 388 g/mol. The normalized spacial score (nSPS) is 18.9.